The van der Waals surface area contributed by atoms with Crippen LogP contribution in [0.15, 0.2) is 11.6 Å². The summed E-state index contributed by atoms with van der Waals surface area (Å²) in [6.07, 6.45) is 3.07. The number of carbonyl (C=O) groups is 1. The molecule has 0 saturated heterocycles. The lowest BCUT2D eigenvalue weighted by molar-refractivity contribution is -0.142. The van der Waals surface area contributed by atoms with Crippen molar-refractivity contribution >= 4 is 5.97 Å². The Hall–Kier alpha value is -0.870. The summed E-state index contributed by atoms with van der Waals surface area (Å²) in [5.74, 6) is -0.822. The molecule has 74 valence electrons. The van der Waals surface area contributed by atoms with Crippen LogP contribution < -0.4 is 5.73 Å². The van der Waals surface area contributed by atoms with Crippen molar-refractivity contribution in [2.24, 2.45) is 5.73 Å². The Labute approximate surface area is 78.0 Å². The van der Waals surface area contributed by atoms with Gasteiger partial charge in [0.2, 0.25) is 0 Å². The molecule has 1 unspecified atom stereocenters. The summed E-state index contributed by atoms with van der Waals surface area (Å²) in [5.41, 5.74) is 6.64. The molecule has 0 fully saturated rings. The van der Waals surface area contributed by atoms with Gasteiger partial charge in [0, 0.05) is 19.6 Å². The van der Waals surface area contributed by atoms with E-state index in [9.17, 15) is 4.79 Å². The van der Waals surface area contributed by atoms with Crippen molar-refractivity contribution in [2.75, 3.05) is 19.6 Å². The molecule has 0 radical (unpaired) electrons. The molecule has 0 aromatic rings. The van der Waals surface area contributed by atoms with Crippen molar-refractivity contribution in [1.29, 1.82) is 0 Å². The molecule has 1 rings (SSSR count). The Balaban J connectivity index is 2.60. The Morgan fingerprint density at radius 2 is 2.54 bits per heavy atom. The SMILES string of the molecule is CC1=CCCN(C(CN)C(=O)O)C1. The van der Waals surface area contributed by atoms with Gasteiger partial charge in [-0.15, -0.1) is 0 Å². The monoisotopic (exact) mass is 184 g/mol. The van der Waals surface area contributed by atoms with Gasteiger partial charge in [0.1, 0.15) is 6.04 Å². The van der Waals surface area contributed by atoms with E-state index in [1.165, 1.54) is 5.57 Å². The predicted octanol–water partition coefficient (Wildman–Crippen LogP) is 0.0503. The zero-order valence-electron chi connectivity index (χ0n) is 7.86. The molecule has 0 aromatic carbocycles. The molecule has 1 heterocycles. The van der Waals surface area contributed by atoms with Gasteiger partial charge in [-0.3, -0.25) is 9.69 Å². The van der Waals surface area contributed by atoms with E-state index in [2.05, 4.69) is 6.08 Å². The first-order chi connectivity index (χ1) is 6.15. The van der Waals surface area contributed by atoms with E-state index in [0.29, 0.717) is 0 Å². The summed E-state index contributed by atoms with van der Waals surface area (Å²) in [6.45, 7) is 3.73. The molecule has 0 aliphatic carbocycles. The minimum atomic E-state index is -0.822. The molecule has 1 aliphatic heterocycles. The summed E-state index contributed by atoms with van der Waals surface area (Å²) in [6, 6.07) is -0.524. The van der Waals surface area contributed by atoms with Gasteiger partial charge in [0.05, 0.1) is 0 Å². The molecule has 0 amide bonds. The van der Waals surface area contributed by atoms with Crippen molar-refractivity contribution in [2.45, 2.75) is 19.4 Å². The van der Waals surface area contributed by atoms with Crippen LogP contribution in [0.2, 0.25) is 0 Å². The number of hydrogen-bond donors (Lipinski definition) is 2. The molecule has 4 heteroatoms. The summed E-state index contributed by atoms with van der Waals surface area (Å²) < 4.78 is 0. The van der Waals surface area contributed by atoms with E-state index in [-0.39, 0.29) is 6.54 Å². The summed E-state index contributed by atoms with van der Waals surface area (Å²) >= 11 is 0. The van der Waals surface area contributed by atoms with Crippen LogP contribution in [0.1, 0.15) is 13.3 Å². The molecule has 0 bridgehead atoms. The Bertz CT molecular complexity index is 226. The molecule has 4 nitrogen and oxygen atoms in total. The lowest BCUT2D eigenvalue weighted by Gasteiger charge is -2.30. The number of carboxylic acids is 1. The van der Waals surface area contributed by atoms with Crippen molar-refractivity contribution in [1.82, 2.24) is 4.90 Å². The highest BCUT2D eigenvalue weighted by molar-refractivity contribution is 5.73. The maximum Gasteiger partial charge on any atom is 0.322 e. The zero-order chi connectivity index (χ0) is 9.84. The van der Waals surface area contributed by atoms with Crippen LogP contribution in [0.25, 0.3) is 0 Å². The lowest BCUT2D eigenvalue weighted by atomic mass is 10.1. The fourth-order valence-electron chi connectivity index (χ4n) is 1.61. The highest BCUT2D eigenvalue weighted by Crippen LogP contribution is 2.11. The minimum Gasteiger partial charge on any atom is -0.480 e. The Kier molecular flexibility index (Phi) is 3.45. The van der Waals surface area contributed by atoms with Crippen LogP contribution in [0, 0.1) is 0 Å². The number of nitrogens with two attached hydrogens (primary N) is 1. The Morgan fingerprint density at radius 3 is 3.00 bits per heavy atom. The first-order valence-electron chi connectivity index (χ1n) is 4.47. The number of nitrogens with zero attached hydrogens (tertiary/aromatic N) is 1. The maximum atomic E-state index is 10.8. The highest BCUT2D eigenvalue weighted by atomic mass is 16.4. The molecule has 0 saturated carbocycles. The second-order valence-corrected chi connectivity index (χ2v) is 3.40. The smallest absolute Gasteiger partial charge is 0.322 e. The molecule has 1 aliphatic rings. The van der Waals surface area contributed by atoms with Crippen molar-refractivity contribution in [3.63, 3.8) is 0 Å². The average molecular weight is 184 g/mol. The molecule has 3 N–H and O–H groups in total. The van der Waals surface area contributed by atoms with E-state index >= 15 is 0 Å². The third kappa shape index (κ3) is 2.54. The van der Waals surface area contributed by atoms with Crippen LogP contribution in [0.5, 0.6) is 0 Å². The first kappa shape index (κ1) is 10.2. The number of hydrogen-bond acceptors (Lipinski definition) is 3. The zero-order valence-corrected chi connectivity index (χ0v) is 7.86. The number of carboxylic acid groups (broad SMARTS) is 1. The van der Waals surface area contributed by atoms with Crippen molar-refractivity contribution < 1.29 is 9.90 Å². The van der Waals surface area contributed by atoms with Gasteiger partial charge in [-0.2, -0.15) is 0 Å². The third-order valence-corrected chi connectivity index (χ3v) is 2.31. The Morgan fingerprint density at radius 1 is 1.85 bits per heavy atom. The fraction of sp³-hybridized carbons (Fsp3) is 0.667. The van der Waals surface area contributed by atoms with E-state index in [1.807, 2.05) is 11.8 Å². The van der Waals surface area contributed by atoms with E-state index in [4.69, 9.17) is 10.8 Å². The number of rotatable bonds is 3. The van der Waals surface area contributed by atoms with E-state index in [1.54, 1.807) is 0 Å². The van der Waals surface area contributed by atoms with Gasteiger partial charge in [0.15, 0.2) is 0 Å². The normalized spacial score (nSPS) is 20.9. The molecular weight excluding hydrogens is 168 g/mol. The lowest BCUT2D eigenvalue weighted by Crippen LogP contribution is -2.48. The van der Waals surface area contributed by atoms with Gasteiger partial charge < -0.3 is 10.8 Å². The van der Waals surface area contributed by atoms with Crippen molar-refractivity contribution in [3.05, 3.63) is 11.6 Å². The molecule has 13 heavy (non-hydrogen) atoms. The standard InChI is InChI=1S/C9H16N2O2/c1-7-3-2-4-11(6-7)8(5-10)9(12)13/h3,8H,2,4-6,10H2,1H3,(H,12,13). The molecule has 0 spiro atoms. The summed E-state index contributed by atoms with van der Waals surface area (Å²) in [5, 5.41) is 8.87. The molecular formula is C9H16N2O2. The number of aliphatic carboxylic acids is 1. The molecule has 0 aromatic heterocycles. The van der Waals surface area contributed by atoms with Crippen LogP contribution in [0.3, 0.4) is 0 Å². The average Bonchev–Trinajstić information content (AvgIpc) is 2.04. The van der Waals surface area contributed by atoms with Gasteiger partial charge in [0.25, 0.3) is 0 Å². The van der Waals surface area contributed by atoms with Crippen molar-refractivity contribution in [3.8, 4) is 0 Å². The fourth-order valence-corrected chi connectivity index (χ4v) is 1.61. The van der Waals surface area contributed by atoms with Gasteiger partial charge >= 0.3 is 5.97 Å². The minimum absolute atomic E-state index is 0.183. The summed E-state index contributed by atoms with van der Waals surface area (Å²) in [7, 11) is 0. The topological polar surface area (TPSA) is 66.6 Å². The second kappa shape index (κ2) is 4.39. The highest BCUT2D eigenvalue weighted by Gasteiger charge is 2.24. The van der Waals surface area contributed by atoms with Crippen LogP contribution in [0.4, 0.5) is 0 Å². The van der Waals surface area contributed by atoms with Gasteiger partial charge in [-0.1, -0.05) is 11.6 Å². The predicted molar refractivity (Wildman–Crippen MR) is 50.4 cm³/mol. The largest absolute Gasteiger partial charge is 0.480 e. The second-order valence-electron chi connectivity index (χ2n) is 3.40. The van der Waals surface area contributed by atoms with E-state index < -0.39 is 12.0 Å². The molecule has 1 atom stereocenters. The van der Waals surface area contributed by atoms with Gasteiger partial charge in [-0.05, 0) is 13.3 Å². The quantitative estimate of drug-likeness (QED) is 0.608. The van der Waals surface area contributed by atoms with Crippen LogP contribution >= 0.6 is 0 Å². The summed E-state index contributed by atoms with van der Waals surface area (Å²) in [4.78, 5) is 12.7. The van der Waals surface area contributed by atoms with E-state index in [0.717, 1.165) is 19.5 Å². The van der Waals surface area contributed by atoms with Crippen LogP contribution in [-0.2, 0) is 4.79 Å². The van der Waals surface area contributed by atoms with Gasteiger partial charge in [-0.25, -0.2) is 0 Å². The maximum absolute atomic E-state index is 10.8. The third-order valence-electron chi connectivity index (χ3n) is 2.31. The van der Waals surface area contributed by atoms with Crippen LogP contribution in [-0.4, -0.2) is 41.7 Å². The first-order valence-corrected chi connectivity index (χ1v) is 4.47.